The van der Waals surface area contributed by atoms with Gasteiger partial charge in [0.05, 0.1) is 22.6 Å². The molecule has 1 saturated carbocycles. The minimum absolute atomic E-state index is 0.0373. The van der Waals surface area contributed by atoms with Gasteiger partial charge in [-0.3, -0.25) is 23.9 Å². The number of aromatic nitrogens is 2. The number of ketones is 1. The first-order chi connectivity index (χ1) is 20.2. The summed E-state index contributed by atoms with van der Waals surface area (Å²) in [6.07, 6.45) is 1.51. The monoisotopic (exact) mass is 589 g/mol. The number of rotatable bonds is 11. The lowest BCUT2D eigenvalue weighted by Crippen LogP contribution is -2.43. The molecule has 3 amide bonds. The van der Waals surface area contributed by atoms with Gasteiger partial charge in [0.1, 0.15) is 18.1 Å². The van der Waals surface area contributed by atoms with E-state index in [0.717, 1.165) is 18.4 Å². The van der Waals surface area contributed by atoms with E-state index in [1.54, 1.807) is 24.3 Å². The fourth-order valence-electron chi connectivity index (χ4n) is 4.77. The van der Waals surface area contributed by atoms with Crippen LogP contribution < -0.4 is 10.6 Å². The zero-order chi connectivity index (χ0) is 29.8. The van der Waals surface area contributed by atoms with Crippen molar-refractivity contribution in [2.24, 2.45) is 0 Å². The molecule has 0 aliphatic heterocycles. The largest absolute Gasteiger partial charge is 0.350 e. The third-order valence-electron chi connectivity index (χ3n) is 7.07. The minimum atomic E-state index is -0.602. The smallest absolute Gasteiger partial charge is 0.252 e. The van der Waals surface area contributed by atoms with E-state index in [0.29, 0.717) is 17.4 Å². The summed E-state index contributed by atoms with van der Waals surface area (Å²) in [6.45, 7) is 1.15. The SMILES string of the molecule is CC(=O)c1nn(CC(=O)N(CC(=O)NCc2cccc(Cl)c2F)C2CC2)c2cccc(C(=O)NCc3ccccc3)c12. The van der Waals surface area contributed by atoms with E-state index in [-0.39, 0.29) is 65.1 Å². The summed E-state index contributed by atoms with van der Waals surface area (Å²) >= 11 is 5.82. The van der Waals surface area contributed by atoms with Crippen molar-refractivity contribution in [2.75, 3.05) is 6.54 Å². The molecular formula is C31H29ClFN5O4. The van der Waals surface area contributed by atoms with Crippen LogP contribution in [0.3, 0.4) is 0 Å². The molecule has 9 nitrogen and oxygen atoms in total. The molecule has 1 aromatic heterocycles. The number of amides is 3. The number of benzene rings is 3. The van der Waals surface area contributed by atoms with Gasteiger partial charge in [-0.15, -0.1) is 0 Å². The molecule has 1 aliphatic rings. The van der Waals surface area contributed by atoms with E-state index in [2.05, 4.69) is 15.7 Å². The van der Waals surface area contributed by atoms with Gasteiger partial charge >= 0.3 is 0 Å². The number of hydrogen-bond donors (Lipinski definition) is 2. The molecular weight excluding hydrogens is 561 g/mol. The van der Waals surface area contributed by atoms with E-state index >= 15 is 0 Å². The van der Waals surface area contributed by atoms with E-state index < -0.39 is 11.7 Å². The first-order valence-electron chi connectivity index (χ1n) is 13.5. The molecule has 1 heterocycles. The Morgan fingerprint density at radius 3 is 2.43 bits per heavy atom. The van der Waals surface area contributed by atoms with Gasteiger partial charge in [0, 0.05) is 37.0 Å². The molecule has 11 heteroatoms. The molecule has 216 valence electrons. The maximum atomic E-state index is 14.2. The molecule has 42 heavy (non-hydrogen) atoms. The molecule has 4 aromatic rings. The van der Waals surface area contributed by atoms with E-state index in [4.69, 9.17) is 11.6 Å². The van der Waals surface area contributed by atoms with Gasteiger partial charge < -0.3 is 15.5 Å². The van der Waals surface area contributed by atoms with Crippen molar-refractivity contribution in [3.63, 3.8) is 0 Å². The van der Waals surface area contributed by atoms with Crippen LogP contribution in [0.4, 0.5) is 4.39 Å². The Morgan fingerprint density at radius 1 is 0.976 bits per heavy atom. The second-order valence-corrected chi connectivity index (χ2v) is 10.6. The highest BCUT2D eigenvalue weighted by Crippen LogP contribution is 2.28. The van der Waals surface area contributed by atoms with Gasteiger partial charge in [0.25, 0.3) is 5.91 Å². The van der Waals surface area contributed by atoms with Crippen LogP contribution in [0.25, 0.3) is 10.9 Å². The van der Waals surface area contributed by atoms with Crippen LogP contribution >= 0.6 is 11.6 Å². The topological polar surface area (TPSA) is 113 Å². The summed E-state index contributed by atoms with van der Waals surface area (Å²) in [5.74, 6) is -2.12. The van der Waals surface area contributed by atoms with Crippen LogP contribution in [0.2, 0.25) is 5.02 Å². The van der Waals surface area contributed by atoms with Crippen LogP contribution in [0, 0.1) is 5.82 Å². The lowest BCUT2D eigenvalue weighted by atomic mass is 10.1. The van der Waals surface area contributed by atoms with Crippen molar-refractivity contribution < 1.29 is 23.6 Å². The molecule has 1 aliphatic carbocycles. The van der Waals surface area contributed by atoms with Crippen LogP contribution in [0.1, 0.15) is 51.7 Å². The molecule has 0 radical (unpaired) electrons. The number of fused-ring (bicyclic) bond motifs is 1. The van der Waals surface area contributed by atoms with Gasteiger partial charge in [-0.1, -0.05) is 60.1 Å². The molecule has 3 aromatic carbocycles. The van der Waals surface area contributed by atoms with Crippen LogP contribution in [-0.4, -0.2) is 50.8 Å². The Bertz CT molecular complexity index is 1670. The third kappa shape index (κ3) is 6.49. The molecule has 1 fully saturated rings. The Kier molecular flexibility index (Phi) is 8.63. The molecule has 2 N–H and O–H groups in total. The van der Waals surface area contributed by atoms with Crippen LogP contribution in [0.5, 0.6) is 0 Å². The molecule has 0 saturated heterocycles. The van der Waals surface area contributed by atoms with Crippen molar-refractivity contribution in [2.45, 2.75) is 45.4 Å². The van der Waals surface area contributed by atoms with E-state index in [1.165, 1.54) is 28.6 Å². The summed E-state index contributed by atoms with van der Waals surface area (Å²) in [4.78, 5) is 53.4. The molecule has 0 atom stereocenters. The zero-order valence-corrected chi connectivity index (χ0v) is 23.7. The highest BCUT2D eigenvalue weighted by Gasteiger charge is 2.34. The second-order valence-electron chi connectivity index (χ2n) is 10.2. The molecule has 5 rings (SSSR count). The highest BCUT2D eigenvalue weighted by atomic mass is 35.5. The predicted molar refractivity (Wildman–Crippen MR) is 155 cm³/mol. The predicted octanol–water partition coefficient (Wildman–Crippen LogP) is 4.27. The number of carbonyl (C=O) groups is 4. The summed E-state index contributed by atoms with van der Waals surface area (Å²) in [7, 11) is 0. The van der Waals surface area contributed by atoms with Crippen LogP contribution in [0.15, 0.2) is 66.7 Å². The lowest BCUT2D eigenvalue weighted by molar-refractivity contribution is -0.137. The number of carbonyl (C=O) groups excluding carboxylic acids is 4. The lowest BCUT2D eigenvalue weighted by Gasteiger charge is -2.22. The van der Waals surface area contributed by atoms with Gasteiger partial charge in [0.2, 0.25) is 11.8 Å². The Labute approximate surface area is 246 Å². The zero-order valence-electron chi connectivity index (χ0n) is 22.9. The van der Waals surface area contributed by atoms with Crippen molar-refractivity contribution in [3.05, 3.63) is 100.0 Å². The fraction of sp³-hybridized carbons (Fsp3) is 0.258. The summed E-state index contributed by atoms with van der Waals surface area (Å²) < 4.78 is 15.6. The van der Waals surface area contributed by atoms with Crippen molar-refractivity contribution in [3.8, 4) is 0 Å². The summed E-state index contributed by atoms with van der Waals surface area (Å²) in [6, 6.07) is 18.9. The quantitative estimate of drug-likeness (QED) is 0.254. The maximum absolute atomic E-state index is 14.2. The van der Waals surface area contributed by atoms with Gasteiger partial charge in [-0.25, -0.2) is 4.39 Å². The number of nitrogens with zero attached hydrogens (tertiary/aromatic N) is 3. The summed E-state index contributed by atoms with van der Waals surface area (Å²) in [5.41, 5.74) is 1.98. The second kappa shape index (κ2) is 12.5. The van der Waals surface area contributed by atoms with Crippen LogP contribution in [-0.2, 0) is 29.2 Å². The minimum Gasteiger partial charge on any atom is -0.350 e. The Hall–Kier alpha value is -4.57. The molecule has 0 unspecified atom stereocenters. The number of hydrogen-bond acceptors (Lipinski definition) is 5. The number of Topliss-reactive ketones (excluding diaryl/α,β-unsaturated/α-hetero) is 1. The van der Waals surface area contributed by atoms with Crippen molar-refractivity contribution >= 4 is 46.0 Å². The first-order valence-corrected chi connectivity index (χ1v) is 13.9. The van der Waals surface area contributed by atoms with Gasteiger partial charge in [-0.2, -0.15) is 5.10 Å². The van der Waals surface area contributed by atoms with E-state index in [9.17, 15) is 23.6 Å². The Morgan fingerprint density at radius 2 is 1.71 bits per heavy atom. The third-order valence-corrected chi connectivity index (χ3v) is 7.36. The summed E-state index contributed by atoms with van der Waals surface area (Å²) in [5, 5.41) is 10.3. The standard InChI is InChI=1S/C31H29ClFN5O4/c1-19(39)30-28-23(31(42)35-15-20-7-3-2-4-8-20)10-6-12-25(28)38(36-30)18-27(41)37(22-13-14-22)17-26(40)34-16-21-9-5-11-24(32)29(21)33/h2-12,22H,13-18H2,1H3,(H,34,40)(H,35,42). The first kappa shape index (κ1) is 28.9. The number of nitrogens with one attached hydrogen (secondary N) is 2. The van der Waals surface area contributed by atoms with Gasteiger partial charge in [0.15, 0.2) is 5.78 Å². The van der Waals surface area contributed by atoms with Crippen molar-refractivity contribution in [1.29, 1.82) is 0 Å². The highest BCUT2D eigenvalue weighted by molar-refractivity contribution is 6.30. The normalized spacial score (nSPS) is 12.6. The van der Waals surface area contributed by atoms with Gasteiger partial charge in [-0.05, 0) is 36.6 Å². The van der Waals surface area contributed by atoms with Crippen molar-refractivity contribution in [1.82, 2.24) is 25.3 Å². The number of halogens is 2. The average Bonchev–Trinajstić information content (AvgIpc) is 3.76. The Balaban J connectivity index is 1.32. The fourth-order valence-corrected chi connectivity index (χ4v) is 4.97. The average molecular weight is 590 g/mol. The van der Waals surface area contributed by atoms with E-state index in [1.807, 2.05) is 30.3 Å². The molecule has 0 spiro atoms. The molecule has 0 bridgehead atoms. The maximum Gasteiger partial charge on any atom is 0.252 e.